The molecule has 0 saturated heterocycles. The van der Waals surface area contributed by atoms with Crippen LogP contribution in [0.3, 0.4) is 0 Å². The largest absolute Gasteiger partial charge is 0.322 e. The molecule has 150 valence electrons. The van der Waals surface area contributed by atoms with Crippen molar-refractivity contribution in [1.82, 2.24) is 0 Å². The van der Waals surface area contributed by atoms with Crippen molar-refractivity contribution in [2.24, 2.45) is 0 Å². The monoisotopic (exact) mass is 400 g/mol. The number of benzene rings is 2. The van der Waals surface area contributed by atoms with Crippen LogP contribution in [-0.4, -0.2) is 38.2 Å². The van der Waals surface area contributed by atoms with E-state index >= 15 is 0 Å². The summed E-state index contributed by atoms with van der Waals surface area (Å²) in [7, 11) is 1.84. The topological polar surface area (TPSA) is 62.6 Å². The molecule has 2 aromatic carbocycles. The molecule has 5 nitrogen and oxygen atoms in total. The molecule has 0 fully saturated rings. The van der Waals surface area contributed by atoms with E-state index in [1.807, 2.05) is 49.7 Å². The Hall–Kier alpha value is -2.31. The normalized spacial score (nSPS) is 12.9. The van der Waals surface area contributed by atoms with Crippen molar-refractivity contribution in [1.29, 1.82) is 0 Å². The van der Waals surface area contributed by atoms with E-state index in [1.54, 1.807) is 11.8 Å². The average Bonchev–Trinajstić information content (AvgIpc) is 2.68. The van der Waals surface area contributed by atoms with Gasteiger partial charge in [-0.3, -0.25) is 9.59 Å². The van der Waals surface area contributed by atoms with Crippen LogP contribution in [0.5, 0.6) is 0 Å². The second-order valence-corrected chi connectivity index (χ2v) is 7.89. The van der Waals surface area contributed by atoms with Gasteiger partial charge in [-0.2, -0.15) is 0 Å². The second kappa shape index (κ2) is 10.9. The summed E-state index contributed by atoms with van der Waals surface area (Å²) >= 11 is 1.59. The van der Waals surface area contributed by atoms with Gasteiger partial charge in [0.25, 0.3) is 11.8 Å². The molecule has 0 aromatic heterocycles. The lowest BCUT2D eigenvalue weighted by atomic mass is 9.99. The lowest BCUT2D eigenvalue weighted by Gasteiger charge is -2.15. The Morgan fingerprint density at radius 3 is 2.21 bits per heavy atom. The first-order chi connectivity index (χ1) is 13.4. The van der Waals surface area contributed by atoms with Gasteiger partial charge in [0.1, 0.15) is 0 Å². The number of hydrogen-bond donors (Lipinski definition) is 3. The van der Waals surface area contributed by atoms with Crippen molar-refractivity contribution in [3.8, 4) is 0 Å². The molecule has 0 radical (unpaired) electrons. The quantitative estimate of drug-likeness (QED) is 0.567. The van der Waals surface area contributed by atoms with Gasteiger partial charge < -0.3 is 15.5 Å². The third-order valence-electron chi connectivity index (χ3n) is 4.68. The molecule has 1 unspecified atom stereocenters. The lowest BCUT2D eigenvalue weighted by molar-refractivity contribution is -0.862. The minimum absolute atomic E-state index is 0.105. The van der Waals surface area contributed by atoms with E-state index in [0.717, 1.165) is 27.6 Å². The van der Waals surface area contributed by atoms with E-state index in [4.69, 9.17) is 0 Å². The molecule has 3 N–H and O–H groups in total. The Bertz CT molecular complexity index is 793. The third-order valence-corrected chi connectivity index (χ3v) is 5.48. The highest BCUT2D eigenvalue weighted by Crippen LogP contribution is 2.24. The molecule has 28 heavy (non-hydrogen) atoms. The molecule has 0 bridgehead atoms. The zero-order valence-electron chi connectivity index (χ0n) is 17.0. The third kappa shape index (κ3) is 6.69. The van der Waals surface area contributed by atoms with E-state index in [2.05, 4.69) is 36.6 Å². The molecule has 0 spiro atoms. The van der Waals surface area contributed by atoms with Crippen LogP contribution < -0.4 is 15.5 Å². The fourth-order valence-corrected chi connectivity index (χ4v) is 3.44. The van der Waals surface area contributed by atoms with Gasteiger partial charge in [-0.15, -0.1) is 11.8 Å². The maximum absolute atomic E-state index is 12.3. The highest BCUT2D eigenvalue weighted by atomic mass is 32.2. The Balaban J connectivity index is 1.82. The highest BCUT2D eigenvalue weighted by molar-refractivity contribution is 7.98. The summed E-state index contributed by atoms with van der Waals surface area (Å²) in [5.41, 5.74) is 2.85. The maximum atomic E-state index is 12.3. The Morgan fingerprint density at radius 2 is 1.61 bits per heavy atom. The number of anilines is 2. The number of rotatable bonds is 9. The molecular weight excluding hydrogens is 370 g/mol. The number of para-hydroxylation sites is 1. The number of carbonyl (C=O) groups excluding carboxylic acids is 2. The van der Waals surface area contributed by atoms with Gasteiger partial charge in [0.05, 0.1) is 12.7 Å². The molecule has 0 aliphatic rings. The maximum Gasteiger partial charge on any atom is 0.279 e. The van der Waals surface area contributed by atoms with Gasteiger partial charge in [-0.1, -0.05) is 38.1 Å². The number of amides is 2. The number of quaternary nitrogens is 1. The molecule has 2 rings (SSSR count). The first kappa shape index (κ1) is 22.0. The van der Waals surface area contributed by atoms with Crippen molar-refractivity contribution in [2.45, 2.75) is 31.1 Å². The Labute approximate surface area is 171 Å². The van der Waals surface area contributed by atoms with Gasteiger partial charge in [-0.25, -0.2) is 0 Å². The van der Waals surface area contributed by atoms with E-state index in [0.29, 0.717) is 5.92 Å². The van der Waals surface area contributed by atoms with Gasteiger partial charge in [0.2, 0.25) is 0 Å². The predicted octanol–water partition coefficient (Wildman–Crippen LogP) is 3.01. The molecule has 6 heteroatoms. The van der Waals surface area contributed by atoms with E-state index < -0.39 is 0 Å². The molecule has 2 aromatic rings. The summed E-state index contributed by atoms with van der Waals surface area (Å²) in [6.07, 6.45) is 3.06. The number of hydrogen-bond acceptors (Lipinski definition) is 3. The van der Waals surface area contributed by atoms with Crippen LogP contribution in [0.15, 0.2) is 53.4 Å². The van der Waals surface area contributed by atoms with Crippen LogP contribution >= 0.6 is 11.8 Å². The smallest absolute Gasteiger partial charge is 0.279 e. The number of likely N-dealkylation sites (N-methyl/N-ethyl adjacent to an activating group) is 1. The van der Waals surface area contributed by atoms with Crippen LogP contribution in [0.25, 0.3) is 0 Å². The van der Waals surface area contributed by atoms with E-state index in [9.17, 15) is 9.59 Å². The summed E-state index contributed by atoms with van der Waals surface area (Å²) in [5, 5.41) is 5.83. The molecular formula is C22H30N3O2S+. The first-order valence-electron chi connectivity index (χ1n) is 9.56. The number of thioether (sulfide) groups is 1. The predicted molar refractivity (Wildman–Crippen MR) is 117 cm³/mol. The van der Waals surface area contributed by atoms with Crippen LogP contribution in [0, 0.1) is 0 Å². The molecule has 2 atom stereocenters. The van der Waals surface area contributed by atoms with E-state index in [-0.39, 0.29) is 24.9 Å². The van der Waals surface area contributed by atoms with Gasteiger partial charge in [-0.05, 0) is 48.4 Å². The van der Waals surface area contributed by atoms with Crippen molar-refractivity contribution < 1.29 is 14.5 Å². The van der Waals surface area contributed by atoms with Crippen LogP contribution in [-0.2, 0) is 9.59 Å². The fourth-order valence-electron chi connectivity index (χ4n) is 2.89. The zero-order chi connectivity index (χ0) is 20.5. The minimum atomic E-state index is -0.107. The second-order valence-electron chi connectivity index (χ2n) is 7.04. The van der Waals surface area contributed by atoms with Crippen molar-refractivity contribution >= 4 is 35.0 Å². The van der Waals surface area contributed by atoms with Gasteiger partial charge >= 0.3 is 0 Å². The SMILES string of the molecule is CC[C@@H](C)c1ccc(NC(=O)C[NH+](C)CC(=O)Nc2ccccc2SC)cc1. The van der Waals surface area contributed by atoms with Gasteiger partial charge in [0, 0.05) is 10.6 Å². The minimum Gasteiger partial charge on any atom is -0.322 e. The first-order valence-corrected chi connectivity index (χ1v) is 10.8. The zero-order valence-corrected chi connectivity index (χ0v) is 17.9. The number of carbonyl (C=O) groups is 2. The molecule has 0 aliphatic carbocycles. The van der Waals surface area contributed by atoms with Gasteiger partial charge in [0.15, 0.2) is 13.1 Å². The highest BCUT2D eigenvalue weighted by Gasteiger charge is 2.15. The molecule has 0 heterocycles. The van der Waals surface area contributed by atoms with E-state index in [1.165, 1.54) is 5.56 Å². The summed E-state index contributed by atoms with van der Waals surface area (Å²) in [4.78, 5) is 26.4. The van der Waals surface area contributed by atoms with Crippen LogP contribution in [0.4, 0.5) is 11.4 Å². The van der Waals surface area contributed by atoms with Crippen molar-refractivity contribution in [3.63, 3.8) is 0 Å². The Kier molecular flexibility index (Phi) is 8.54. The lowest BCUT2D eigenvalue weighted by Crippen LogP contribution is -3.11. The van der Waals surface area contributed by atoms with Crippen molar-refractivity contribution in [3.05, 3.63) is 54.1 Å². The summed E-state index contributed by atoms with van der Waals surface area (Å²) in [6.45, 7) is 4.80. The summed E-state index contributed by atoms with van der Waals surface area (Å²) in [5.74, 6) is 0.297. The average molecular weight is 401 g/mol. The fraction of sp³-hybridized carbons (Fsp3) is 0.364. The molecule has 0 saturated carbocycles. The number of nitrogens with one attached hydrogen (secondary N) is 3. The van der Waals surface area contributed by atoms with Crippen molar-refractivity contribution in [2.75, 3.05) is 37.0 Å². The Morgan fingerprint density at radius 1 is 1.00 bits per heavy atom. The molecule has 2 amide bonds. The van der Waals surface area contributed by atoms with Crippen LogP contribution in [0.2, 0.25) is 0 Å². The summed E-state index contributed by atoms with van der Waals surface area (Å²) in [6, 6.07) is 15.7. The van der Waals surface area contributed by atoms with Crippen LogP contribution in [0.1, 0.15) is 31.7 Å². The summed E-state index contributed by atoms with van der Waals surface area (Å²) < 4.78 is 0. The molecule has 0 aliphatic heterocycles. The standard InChI is InChI=1S/C22H29N3O2S/c1-5-16(2)17-10-12-18(13-11-17)23-21(26)14-25(3)15-22(27)24-19-8-6-7-9-20(19)28-4/h6-13,16H,5,14-15H2,1-4H3,(H,23,26)(H,24,27)/p+1/t16-/m1/s1.